The quantitative estimate of drug-likeness (QED) is 0.368. The Balaban J connectivity index is 2.74. The molecule has 0 saturated heterocycles. The number of carbonyl (C=O) groups is 3. The van der Waals surface area contributed by atoms with E-state index in [2.05, 4.69) is 24.7 Å². The molecule has 0 aliphatic carbocycles. The Morgan fingerprint density at radius 2 is 2.35 bits per heavy atom. The molecule has 1 aromatic rings. The number of aldehydes is 1. The fourth-order valence-electron chi connectivity index (χ4n) is 0.709. The van der Waals surface area contributed by atoms with Crippen LogP contribution in [0.5, 0.6) is 0 Å². The van der Waals surface area contributed by atoms with Crippen molar-refractivity contribution in [3.8, 4) is 0 Å². The average Bonchev–Trinajstić information content (AvgIpc) is 2.73. The van der Waals surface area contributed by atoms with Crippen molar-refractivity contribution in [1.82, 2.24) is 9.36 Å². The third kappa shape index (κ3) is 3.95. The number of anilines is 1. The van der Waals surface area contributed by atoms with Crippen LogP contribution in [0.1, 0.15) is 5.82 Å². The zero-order chi connectivity index (χ0) is 12.7. The van der Waals surface area contributed by atoms with E-state index in [1.807, 2.05) is 0 Å². The minimum absolute atomic E-state index is 0.0558. The molecule has 1 heterocycles. The molecule has 0 bridgehead atoms. The molecule has 0 aliphatic heterocycles. The lowest BCUT2D eigenvalue weighted by molar-refractivity contribution is -0.142. The first-order chi connectivity index (χ1) is 8.17. The van der Waals surface area contributed by atoms with Gasteiger partial charge in [-0.05, 0) is 0 Å². The Morgan fingerprint density at radius 3 is 2.94 bits per heavy atom. The summed E-state index contributed by atoms with van der Waals surface area (Å²) < 4.78 is 3.72. The third-order valence-corrected chi connectivity index (χ3v) is 1.95. The van der Waals surface area contributed by atoms with Crippen LogP contribution in [0.3, 0.4) is 0 Å². The van der Waals surface area contributed by atoms with Crippen molar-refractivity contribution in [3.63, 3.8) is 0 Å². The van der Waals surface area contributed by atoms with Crippen molar-refractivity contribution in [3.05, 3.63) is 5.82 Å². The highest BCUT2D eigenvalue weighted by Gasteiger charge is 2.11. The average molecular weight is 258 g/mol. The fourth-order valence-corrected chi connectivity index (χ4v) is 1.24. The van der Waals surface area contributed by atoms with E-state index in [-0.39, 0.29) is 16.7 Å². The maximum atomic E-state index is 10.6. The summed E-state index contributed by atoms with van der Waals surface area (Å²) in [5.41, 5.74) is -0.263. The van der Waals surface area contributed by atoms with Crippen molar-refractivity contribution < 1.29 is 24.3 Å². The highest BCUT2D eigenvalue weighted by molar-refractivity contribution is 7.10. The molecular weight excluding hydrogens is 252 g/mol. The fraction of sp³-hybridized carbons (Fsp3) is 0.143. The second-order valence-corrected chi connectivity index (χ2v) is 3.20. The summed E-state index contributed by atoms with van der Waals surface area (Å²) in [4.78, 5) is 39.0. The molecule has 10 heteroatoms. The minimum Gasteiger partial charge on any atom is -0.479 e. The van der Waals surface area contributed by atoms with Crippen LogP contribution >= 0.6 is 11.5 Å². The lowest BCUT2D eigenvalue weighted by Gasteiger charge is -1.94. The number of amides is 1. The van der Waals surface area contributed by atoms with E-state index in [1.54, 1.807) is 0 Å². The van der Waals surface area contributed by atoms with E-state index in [0.717, 1.165) is 11.5 Å². The SMILES string of the molecule is O=CNc1nc(C(C=O)=NOCC(=O)O)ns1. The number of carboxylic acid groups (broad SMARTS) is 1. The normalized spacial score (nSPS) is 10.7. The zero-order valence-corrected chi connectivity index (χ0v) is 9.01. The van der Waals surface area contributed by atoms with Crippen LogP contribution in [-0.4, -0.2) is 45.4 Å². The molecule has 17 heavy (non-hydrogen) atoms. The van der Waals surface area contributed by atoms with Gasteiger partial charge in [-0.1, -0.05) is 5.16 Å². The number of nitrogens with one attached hydrogen (secondary N) is 1. The van der Waals surface area contributed by atoms with Crippen LogP contribution < -0.4 is 5.32 Å². The number of aromatic nitrogens is 2. The molecule has 90 valence electrons. The molecule has 1 aromatic heterocycles. The predicted molar refractivity (Wildman–Crippen MR) is 55.8 cm³/mol. The number of hydrogen-bond donors (Lipinski definition) is 2. The largest absolute Gasteiger partial charge is 0.479 e. The van der Waals surface area contributed by atoms with E-state index >= 15 is 0 Å². The topological polar surface area (TPSA) is 131 Å². The van der Waals surface area contributed by atoms with Gasteiger partial charge in [0, 0.05) is 11.5 Å². The van der Waals surface area contributed by atoms with Crippen molar-refractivity contribution >= 4 is 41.0 Å². The molecule has 0 atom stereocenters. The van der Waals surface area contributed by atoms with Crippen LogP contribution in [0, 0.1) is 0 Å². The second-order valence-electron chi connectivity index (χ2n) is 2.45. The summed E-state index contributed by atoms with van der Waals surface area (Å²) in [6, 6.07) is 0. The zero-order valence-electron chi connectivity index (χ0n) is 8.19. The summed E-state index contributed by atoms with van der Waals surface area (Å²) >= 11 is 0.843. The molecule has 0 radical (unpaired) electrons. The third-order valence-electron chi connectivity index (χ3n) is 1.30. The lowest BCUT2D eigenvalue weighted by Crippen LogP contribution is -2.09. The van der Waals surface area contributed by atoms with Gasteiger partial charge in [0.2, 0.25) is 18.1 Å². The Kier molecular flexibility index (Phi) is 4.69. The van der Waals surface area contributed by atoms with E-state index in [1.165, 1.54) is 0 Å². The van der Waals surface area contributed by atoms with Gasteiger partial charge in [0.15, 0.2) is 17.8 Å². The van der Waals surface area contributed by atoms with Crippen LogP contribution in [-0.2, 0) is 19.2 Å². The molecule has 0 spiro atoms. The number of hydrogen-bond acceptors (Lipinski definition) is 8. The van der Waals surface area contributed by atoms with E-state index < -0.39 is 12.6 Å². The maximum Gasteiger partial charge on any atom is 0.344 e. The summed E-state index contributed by atoms with van der Waals surface area (Å²) in [5, 5.41) is 14.0. The molecule has 0 unspecified atom stereocenters. The van der Waals surface area contributed by atoms with Crippen LogP contribution in [0.2, 0.25) is 0 Å². The van der Waals surface area contributed by atoms with Gasteiger partial charge in [0.05, 0.1) is 0 Å². The Bertz CT molecular complexity index is 457. The van der Waals surface area contributed by atoms with Crippen molar-refractivity contribution in [1.29, 1.82) is 0 Å². The number of oxime groups is 1. The van der Waals surface area contributed by atoms with Gasteiger partial charge in [-0.25, -0.2) is 4.79 Å². The number of carbonyl (C=O) groups excluding carboxylic acids is 2. The van der Waals surface area contributed by atoms with Crippen molar-refractivity contribution in [2.45, 2.75) is 0 Å². The van der Waals surface area contributed by atoms with Crippen LogP contribution in [0.25, 0.3) is 0 Å². The van der Waals surface area contributed by atoms with Gasteiger partial charge in [0.1, 0.15) is 0 Å². The standard InChI is InChI=1S/C7H6N4O5S/c12-1-4(10-16-2-5(14)15)6-9-7(8-3-13)17-11-6/h1,3H,2H2,(H,14,15)(H,8,9,11,13). The number of rotatable bonds is 7. The van der Waals surface area contributed by atoms with Crippen LogP contribution in [0.15, 0.2) is 5.16 Å². The van der Waals surface area contributed by atoms with Gasteiger partial charge < -0.3 is 15.3 Å². The van der Waals surface area contributed by atoms with Gasteiger partial charge in [-0.2, -0.15) is 9.36 Å². The summed E-state index contributed by atoms with van der Waals surface area (Å²) in [6.45, 7) is -0.680. The molecule has 0 saturated carbocycles. The molecule has 1 amide bonds. The molecule has 0 aromatic carbocycles. The number of aliphatic carboxylic acids is 1. The first kappa shape index (κ1) is 12.7. The maximum absolute atomic E-state index is 10.6. The first-order valence-electron chi connectivity index (χ1n) is 4.08. The number of nitrogens with zero attached hydrogens (tertiary/aromatic N) is 3. The molecule has 0 fully saturated rings. The lowest BCUT2D eigenvalue weighted by atomic mass is 10.4. The number of carboxylic acids is 1. The molecule has 2 N–H and O–H groups in total. The van der Waals surface area contributed by atoms with Gasteiger partial charge >= 0.3 is 5.97 Å². The van der Waals surface area contributed by atoms with Gasteiger partial charge in [-0.15, -0.1) is 0 Å². The second kappa shape index (κ2) is 6.27. The predicted octanol–water partition coefficient (Wildman–Crippen LogP) is -0.889. The first-order valence-corrected chi connectivity index (χ1v) is 4.86. The minimum atomic E-state index is -1.23. The smallest absolute Gasteiger partial charge is 0.344 e. The van der Waals surface area contributed by atoms with E-state index in [4.69, 9.17) is 5.11 Å². The molecule has 1 rings (SSSR count). The molecular formula is C7H6N4O5S. The Labute approximate surface area is 98.3 Å². The van der Waals surface area contributed by atoms with E-state index in [0.29, 0.717) is 12.7 Å². The Hall–Kier alpha value is -2.36. The summed E-state index contributed by atoms with van der Waals surface area (Å²) in [6.07, 6.45) is 0.720. The van der Waals surface area contributed by atoms with Gasteiger partial charge in [0.25, 0.3) is 0 Å². The monoisotopic (exact) mass is 258 g/mol. The highest BCUT2D eigenvalue weighted by Crippen LogP contribution is 2.10. The van der Waals surface area contributed by atoms with Gasteiger partial charge in [-0.3, -0.25) is 9.59 Å². The molecule has 9 nitrogen and oxygen atoms in total. The van der Waals surface area contributed by atoms with Crippen molar-refractivity contribution in [2.75, 3.05) is 11.9 Å². The van der Waals surface area contributed by atoms with Crippen LogP contribution in [0.4, 0.5) is 5.13 Å². The highest BCUT2D eigenvalue weighted by atomic mass is 32.1. The summed E-state index contributed by atoms with van der Waals surface area (Å²) in [5.74, 6) is -1.28. The Morgan fingerprint density at radius 1 is 1.59 bits per heavy atom. The molecule has 0 aliphatic rings. The van der Waals surface area contributed by atoms with Crippen molar-refractivity contribution in [2.24, 2.45) is 5.16 Å². The summed E-state index contributed by atoms with van der Waals surface area (Å²) in [7, 11) is 0. The van der Waals surface area contributed by atoms with E-state index in [9.17, 15) is 14.4 Å².